The van der Waals surface area contributed by atoms with Crippen LogP contribution in [-0.4, -0.2) is 29.3 Å². The van der Waals surface area contributed by atoms with Crippen molar-refractivity contribution >= 4 is 5.91 Å². The van der Waals surface area contributed by atoms with E-state index >= 15 is 0 Å². The fraction of sp³-hybridized carbons (Fsp3) is 0.500. The molecule has 1 aliphatic carbocycles. The average Bonchev–Trinajstić information content (AvgIpc) is 3.02. The van der Waals surface area contributed by atoms with Crippen molar-refractivity contribution in [2.75, 3.05) is 7.11 Å². The topological polar surface area (TPSA) is 77.2 Å². The number of hydrogen-bond donors (Lipinski definition) is 1. The standard InChI is InChI=1S/C18H23N3O3/c1-23-15-7-2-4-13(12-15)8-10-17-20-21-18(24-17)11-9-16(22)19-14-5-3-6-14/h2,4,7,12,14H,3,5-6,8-11H2,1H3,(H,19,22). The van der Waals surface area contributed by atoms with Crippen LogP contribution in [-0.2, 0) is 24.1 Å². The van der Waals surface area contributed by atoms with Crippen molar-refractivity contribution in [3.8, 4) is 5.75 Å². The molecule has 6 heteroatoms. The van der Waals surface area contributed by atoms with Crippen molar-refractivity contribution < 1.29 is 13.9 Å². The number of methoxy groups -OCH3 is 1. The third kappa shape index (κ3) is 4.57. The molecule has 0 unspecified atom stereocenters. The van der Waals surface area contributed by atoms with Crippen molar-refractivity contribution in [1.29, 1.82) is 0 Å². The molecule has 0 aliphatic heterocycles. The van der Waals surface area contributed by atoms with E-state index in [1.807, 2.05) is 24.3 Å². The summed E-state index contributed by atoms with van der Waals surface area (Å²) < 4.78 is 10.8. The highest BCUT2D eigenvalue weighted by molar-refractivity contribution is 5.76. The summed E-state index contributed by atoms with van der Waals surface area (Å²) in [6.45, 7) is 0. The quantitative estimate of drug-likeness (QED) is 0.805. The molecule has 3 rings (SSSR count). The van der Waals surface area contributed by atoms with E-state index in [0.29, 0.717) is 37.1 Å². The minimum Gasteiger partial charge on any atom is -0.497 e. The van der Waals surface area contributed by atoms with Crippen molar-refractivity contribution in [2.24, 2.45) is 0 Å². The fourth-order valence-corrected chi connectivity index (χ4v) is 2.64. The molecular formula is C18H23N3O3. The number of rotatable bonds is 8. The van der Waals surface area contributed by atoms with E-state index in [1.54, 1.807) is 7.11 Å². The first-order chi connectivity index (χ1) is 11.7. The lowest BCUT2D eigenvalue weighted by Gasteiger charge is -2.26. The first-order valence-electron chi connectivity index (χ1n) is 8.46. The summed E-state index contributed by atoms with van der Waals surface area (Å²) in [5, 5.41) is 11.1. The molecule has 0 atom stereocenters. The van der Waals surface area contributed by atoms with E-state index in [9.17, 15) is 4.79 Å². The van der Waals surface area contributed by atoms with Gasteiger partial charge in [-0.2, -0.15) is 0 Å². The molecule has 0 radical (unpaired) electrons. The van der Waals surface area contributed by atoms with Gasteiger partial charge in [-0.1, -0.05) is 12.1 Å². The van der Waals surface area contributed by atoms with Crippen LogP contribution in [0.4, 0.5) is 0 Å². The van der Waals surface area contributed by atoms with Crippen LogP contribution in [0.15, 0.2) is 28.7 Å². The lowest BCUT2D eigenvalue weighted by atomic mass is 9.93. The first kappa shape index (κ1) is 16.5. The average molecular weight is 329 g/mol. The van der Waals surface area contributed by atoms with Crippen LogP contribution in [0.25, 0.3) is 0 Å². The number of nitrogens with zero attached hydrogens (tertiary/aromatic N) is 2. The van der Waals surface area contributed by atoms with Gasteiger partial charge in [-0.25, -0.2) is 0 Å². The predicted molar refractivity (Wildman–Crippen MR) is 88.8 cm³/mol. The number of hydrogen-bond acceptors (Lipinski definition) is 5. The van der Waals surface area contributed by atoms with Crippen LogP contribution in [0.2, 0.25) is 0 Å². The number of nitrogens with one attached hydrogen (secondary N) is 1. The van der Waals surface area contributed by atoms with Gasteiger partial charge in [-0.3, -0.25) is 4.79 Å². The number of benzene rings is 1. The molecule has 1 amide bonds. The molecule has 0 spiro atoms. The highest BCUT2D eigenvalue weighted by Gasteiger charge is 2.19. The zero-order valence-corrected chi connectivity index (χ0v) is 14.0. The molecule has 1 heterocycles. The molecule has 1 fully saturated rings. The zero-order valence-electron chi connectivity index (χ0n) is 14.0. The van der Waals surface area contributed by atoms with Gasteiger partial charge < -0.3 is 14.5 Å². The third-order valence-electron chi connectivity index (χ3n) is 4.31. The lowest BCUT2D eigenvalue weighted by molar-refractivity contribution is -0.122. The maximum Gasteiger partial charge on any atom is 0.220 e. The molecule has 2 aromatic rings. The second-order valence-electron chi connectivity index (χ2n) is 6.14. The minimum atomic E-state index is 0.0656. The number of aromatic nitrogens is 2. The van der Waals surface area contributed by atoms with Crippen molar-refractivity contribution in [3.63, 3.8) is 0 Å². The summed E-state index contributed by atoms with van der Waals surface area (Å²) in [5.74, 6) is 2.04. The highest BCUT2D eigenvalue weighted by atomic mass is 16.5. The summed E-state index contributed by atoms with van der Waals surface area (Å²) in [6, 6.07) is 8.31. The Bertz CT molecular complexity index is 680. The summed E-state index contributed by atoms with van der Waals surface area (Å²) in [7, 11) is 1.66. The summed E-state index contributed by atoms with van der Waals surface area (Å²) in [5.41, 5.74) is 1.16. The maximum atomic E-state index is 11.8. The van der Waals surface area contributed by atoms with Gasteiger partial charge in [0, 0.05) is 25.3 Å². The summed E-state index contributed by atoms with van der Waals surface area (Å²) >= 11 is 0. The SMILES string of the molecule is COc1cccc(CCc2nnc(CCC(=O)NC3CCC3)o2)c1. The summed E-state index contributed by atoms with van der Waals surface area (Å²) in [4.78, 5) is 11.8. The molecule has 1 aromatic heterocycles. The van der Waals surface area contributed by atoms with Gasteiger partial charge in [0.05, 0.1) is 7.11 Å². The van der Waals surface area contributed by atoms with Gasteiger partial charge in [-0.05, 0) is 43.4 Å². The van der Waals surface area contributed by atoms with Crippen LogP contribution < -0.4 is 10.1 Å². The highest BCUT2D eigenvalue weighted by Crippen LogP contribution is 2.18. The van der Waals surface area contributed by atoms with Crippen LogP contribution in [0.1, 0.15) is 43.0 Å². The molecule has 6 nitrogen and oxygen atoms in total. The smallest absolute Gasteiger partial charge is 0.220 e. The fourth-order valence-electron chi connectivity index (χ4n) is 2.64. The van der Waals surface area contributed by atoms with Crippen LogP contribution in [0, 0.1) is 0 Å². The second kappa shape index (κ2) is 7.95. The molecule has 24 heavy (non-hydrogen) atoms. The number of amides is 1. The molecule has 1 N–H and O–H groups in total. The lowest BCUT2D eigenvalue weighted by Crippen LogP contribution is -2.39. The monoisotopic (exact) mass is 329 g/mol. The number of carbonyl (C=O) groups excluding carboxylic acids is 1. The Hall–Kier alpha value is -2.37. The van der Waals surface area contributed by atoms with E-state index in [4.69, 9.17) is 9.15 Å². The van der Waals surface area contributed by atoms with Gasteiger partial charge >= 0.3 is 0 Å². The number of ether oxygens (including phenoxy) is 1. The van der Waals surface area contributed by atoms with Gasteiger partial charge in [0.25, 0.3) is 0 Å². The Morgan fingerprint density at radius 3 is 2.75 bits per heavy atom. The Kier molecular flexibility index (Phi) is 5.46. The molecule has 1 saturated carbocycles. The third-order valence-corrected chi connectivity index (χ3v) is 4.31. The Balaban J connectivity index is 1.43. The zero-order chi connectivity index (χ0) is 16.8. The van der Waals surface area contributed by atoms with Gasteiger partial charge in [0.15, 0.2) is 0 Å². The maximum absolute atomic E-state index is 11.8. The Morgan fingerprint density at radius 2 is 2.04 bits per heavy atom. The second-order valence-corrected chi connectivity index (χ2v) is 6.14. The van der Waals surface area contributed by atoms with Crippen LogP contribution >= 0.6 is 0 Å². The van der Waals surface area contributed by atoms with E-state index in [2.05, 4.69) is 15.5 Å². The Morgan fingerprint density at radius 1 is 1.25 bits per heavy atom. The summed E-state index contributed by atoms with van der Waals surface area (Å²) in [6.07, 6.45) is 5.78. The predicted octanol–water partition coefficient (Wildman–Crippen LogP) is 2.46. The first-order valence-corrected chi connectivity index (χ1v) is 8.46. The number of aryl methyl sites for hydroxylation is 3. The van der Waals surface area contributed by atoms with Crippen molar-refractivity contribution in [3.05, 3.63) is 41.6 Å². The minimum absolute atomic E-state index is 0.0656. The van der Waals surface area contributed by atoms with E-state index in [0.717, 1.165) is 30.6 Å². The van der Waals surface area contributed by atoms with E-state index in [1.165, 1.54) is 6.42 Å². The van der Waals surface area contributed by atoms with Crippen LogP contribution in [0.5, 0.6) is 5.75 Å². The molecule has 1 aromatic carbocycles. The van der Waals surface area contributed by atoms with E-state index in [-0.39, 0.29) is 5.91 Å². The van der Waals surface area contributed by atoms with Gasteiger partial charge in [-0.15, -0.1) is 10.2 Å². The van der Waals surface area contributed by atoms with Crippen LogP contribution in [0.3, 0.4) is 0 Å². The normalized spacial score (nSPS) is 14.2. The Labute approximate surface area is 141 Å². The van der Waals surface area contributed by atoms with Crippen molar-refractivity contribution in [2.45, 2.75) is 51.0 Å². The number of carbonyl (C=O) groups is 1. The largest absolute Gasteiger partial charge is 0.497 e. The molecular weight excluding hydrogens is 306 g/mol. The van der Waals surface area contributed by atoms with Crippen molar-refractivity contribution in [1.82, 2.24) is 15.5 Å². The molecule has 128 valence electrons. The molecule has 1 aliphatic rings. The van der Waals surface area contributed by atoms with E-state index < -0.39 is 0 Å². The molecule has 0 saturated heterocycles. The van der Waals surface area contributed by atoms with Gasteiger partial charge in [0.2, 0.25) is 17.7 Å². The van der Waals surface area contributed by atoms with Gasteiger partial charge in [0.1, 0.15) is 5.75 Å². The molecule has 0 bridgehead atoms.